The average Bonchev–Trinajstić information content (AvgIpc) is 2.80. The molecule has 1 fully saturated rings. The van der Waals surface area contributed by atoms with Gasteiger partial charge in [-0.2, -0.15) is 0 Å². The number of nitrogens with one attached hydrogen (secondary N) is 1. The van der Waals surface area contributed by atoms with Crippen LogP contribution in [-0.2, 0) is 38.1 Å². The van der Waals surface area contributed by atoms with Gasteiger partial charge >= 0.3 is 11.9 Å². The Bertz CT molecular complexity index is 591. The highest BCUT2D eigenvalue weighted by Crippen LogP contribution is 2.12. The Morgan fingerprint density at radius 3 is 2.21 bits per heavy atom. The molecule has 1 N–H and O–H groups in total. The lowest BCUT2D eigenvalue weighted by Crippen LogP contribution is -2.57. The molecule has 0 aromatic carbocycles. The average molecular weight is 490 g/mol. The molecule has 1 rings (SSSR count). The minimum Gasteiger partial charge on any atom is -0.464 e. The zero-order valence-corrected chi connectivity index (χ0v) is 21.2. The SMILES string of the molecule is CNCCOCCOCCOCCC(=O)N1CCN(CC(=O)OCC(C)C)C(COC(C)=O)C1. The first kappa shape index (κ1) is 30.2. The van der Waals surface area contributed by atoms with E-state index in [0.29, 0.717) is 65.9 Å². The smallest absolute Gasteiger partial charge is 0.320 e. The van der Waals surface area contributed by atoms with Gasteiger partial charge in [-0.3, -0.25) is 19.3 Å². The topological polar surface area (TPSA) is 116 Å². The lowest BCUT2D eigenvalue weighted by atomic mass is 10.1. The van der Waals surface area contributed by atoms with Gasteiger partial charge in [0.15, 0.2) is 0 Å². The Kier molecular flexibility index (Phi) is 16.5. The molecular formula is C23H43N3O8. The normalized spacial score (nSPS) is 16.6. The quantitative estimate of drug-likeness (QED) is 0.207. The monoisotopic (exact) mass is 489 g/mol. The first-order chi connectivity index (χ1) is 16.3. The fourth-order valence-electron chi connectivity index (χ4n) is 3.20. The third-order valence-corrected chi connectivity index (χ3v) is 5.05. The number of ether oxygens (including phenoxy) is 5. The molecule has 198 valence electrons. The molecule has 1 heterocycles. The van der Waals surface area contributed by atoms with Crippen LogP contribution in [0.25, 0.3) is 0 Å². The highest BCUT2D eigenvalue weighted by molar-refractivity contribution is 5.76. The van der Waals surface area contributed by atoms with Crippen LogP contribution in [0.1, 0.15) is 27.2 Å². The van der Waals surface area contributed by atoms with Crippen LogP contribution < -0.4 is 5.32 Å². The molecule has 0 bridgehead atoms. The second-order valence-corrected chi connectivity index (χ2v) is 8.53. The number of amides is 1. The molecule has 0 radical (unpaired) electrons. The maximum Gasteiger partial charge on any atom is 0.320 e. The van der Waals surface area contributed by atoms with E-state index in [2.05, 4.69) is 5.32 Å². The fourth-order valence-corrected chi connectivity index (χ4v) is 3.20. The summed E-state index contributed by atoms with van der Waals surface area (Å²) in [6, 6.07) is -0.266. The van der Waals surface area contributed by atoms with Crippen molar-refractivity contribution < 1.29 is 38.1 Å². The summed E-state index contributed by atoms with van der Waals surface area (Å²) in [6.45, 7) is 10.9. The second kappa shape index (κ2) is 18.5. The number of hydrogen-bond donors (Lipinski definition) is 1. The van der Waals surface area contributed by atoms with Crippen LogP contribution in [0.15, 0.2) is 0 Å². The molecule has 1 unspecified atom stereocenters. The number of carbonyl (C=O) groups excluding carboxylic acids is 3. The molecule has 1 aliphatic rings. The van der Waals surface area contributed by atoms with Gasteiger partial charge in [-0.1, -0.05) is 13.8 Å². The van der Waals surface area contributed by atoms with Gasteiger partial charge in [0.1, 0.15) is 6.61 Å². The molecule has 1 amide bonds. The minimum absolute atomic E-state index is 0.0336. The molecule has 0 saturated carbocycles. The number of hydrogen-bond acceptors (Lipinski definition) is 10. The van der Waals surface area contributed by atoms with Crippen LogP contribution in [0.3, 0.4) is 0 Å². The standard InChI is InChI=1S/C23H43N3O8/c1-19(2)17-34-23(29)16-25-7-8-26(15-21(25)18-33-20(3)27)22(28)5-9-30-11-13-32-14-12-31-10-6-24-4/h19,21,24H,5-18H2,1-4H3. The van der Waals surface area contributed by atoms with Gasteiger partial charge in [-0.25, -0.2) is 0 Å². The zero-order valence-electron chi connectivity index (χ0n) is 21.2. The number of rotatable bonds is 18. The van der Waals surface area contributed by atoms with Crippen LogP contribution >= 0.6 is 0 Å². The van der Waals surface area contributed by atoms with E-state index >= 15 is 0 Å². The molecule has 0 aromatic rings. The van der Waals surface area contributed by atoms with Crippen molar-refractivity contribution >= 4 is 17.8 Å². The highest BCUT2D eigenvalue weighted by atomic mass is 16.5. The molecule has 0 aliphatic carbocycles. The molecule has 0 spiro atoms. The summed E-state index contributed by atoms with van der Waals surface area (Å²) in [5.74, 6) is -0.493. The Hall–Kier alpha value is -1.79. The molecule has 1 aliphatic heterocycles. The molecule has 34 heavy (non-hydrogen) atoms. The van der Waals surface area contributed by atoms with Gasteiger partial charge in [0.05, 0.1) is 65.3 Å². The Morgan fingerprint density at radius 2 is 1.59 bits per heavy atom. The van der Waals surface area contributed by atoms with Crippen LogP contribution in [0.5, 0.6) is 0 Å². The van der Waals surface area contributed by atoms with Gasteiger partial charge in [-0.15, -0.1) is 0 Å². The summed E-state index contributed by atoms with van der Waals surface area (Å²) in [5.41, 5.74) is 0. The van der Waals surface area contributed by atoms with Gasteiger partial charge in [0.2, 0.25) is 5.91 Å². The van der Waals surface area contributed by atoms with Crippen molar-refractivity contribution in [1.29, 1.82) is 0 Å². The summed E-state index contributed by atoms with van der Waals surface area (Å²) in [5, 5.41) is 3.00. The minimum atomic E-state index is -0.397. The van der Waals surface area contributed by atoms with Crippen LogP contribution in [0, 0.1) is 5.92 Å². The number of piperazine rings is 1. The van der Waals surface area contributed by atoms with E-state index in [0.717, 1.165) is 6.54 Å². The van der Waals surface area contributed by atoms with Crippen molar-refractivity contribution in [2.45, 2.75) is 33.2 Å². The number of esters is 2. The Balaban J connectivity index is 2.30. The van der Waals surface area contributed by atoms with Crippen molar-refractivity contribution in [2.24, 2.45) is 5.92 Å². The number of nitrogens with zero attached hydrogens (tertiary/aromatic N) is 2. The zero-order chi connectivity index (χ0) is 25.2. The Labute approximate surface area is 203 Å². The van der Waals surface area contributed by atoms with Crippen molar-refractivity contribution in [3.8, 4) is 0 Å². The van der Waals surface area contributed by atoms with Crippen molar-refractivity contribution in [3.63, 3.8) is 0 Å². The van der Waals surface area contributed by atoms with E-state index in [4.69, 9.17) is 23.7 Å². The van der Waals surface area contributed by atoms with E-state index in [1.165, 1.54) is 6.92 Å². The number of carbonyl (C=O) groups is 3. The third kappa shape index (κ3) is 14.5. The van der Waals surface area contributed by atoms with E-state index in [1.807, 2.05) is 25.8 Å². The third-order valence-electron chi connectivity index (χ3n) is 5.05. The Morgan fingerprint density at radius 1 is 0.941 bits per heavy atom. The fraction of sp³-hybridized carbons (Fsp3) is 0.870. The van der Waals surface area contributed by atoms with E-state index in [-0.39, 0.29) is 43.4 Å². The predicted octanol–water partition coefficient (Wildman–Crippen LogP) is -0.0792. The van der Waals surface area contributed by atoms with Gasteiger partial charge in [-0.05, 0) is 13.0 Å². The summed E-state index contributed by atoms with van der Waals surface area (Å²) in [6.07, 6.45) is 0.254. The first-order valence-corrected chi connectivity index (χ1v) is 12.0. The number of likely N-dealkylation sites (N-methyl/N-ethyl adjacent to an activating group) is 1. The van der Waals surface area contributed by atoms with Crippen molar-refractivity contribution in [2.75, 3.05) is 92.6 Å². The molecule has 1 saturated heterocycles. The highest BCUT2D eigenvalue weighted by Gasteiger charge is 2.31. The molecular weight excluding hydrogens is 446 g/mol. The maximum atomic E-state index is 12.6. The van der Waals surface area contributed by atoms with E-state index < -0.39 is 5.97 Å². The van der Waals surface area contributed by atoms with Gasteiger partial charge < -0.3 is 33.9 Å². The summed E-state index contributed by atoms with van der Waals surface area (Å²) in [7, 11) is 1.87. The molecule has 11 nitrogen and oxygen atoms in total. The lowest BCUT2D eigenvalue weighted by Gasteiger charge is -2.40. The molecule has 0 aromatic heterocycles. The van der Waals surface area contributed by atoms with Crippen LogP contribution in [-0.4, -0.2) is 126 Å². The van der Waals surface area contributed by atoms with Crippen molar-refractivity contribution in [3.05, 3.63) is 0 Å². The van der Waals surface area contributed by atoms with E-state index in [9.17, 15) is 14.4 Å². The maximum absolute atomic E-state index is 12.6. The van der Waals surface area contributed by atoms with Crippen LogP contribution in [0.4, 0.5) is 0 Å². The van der Waals surface area contributed by atoms with E-state index in [1.54, 1.807) is 4.90 Å². The van der Waals surface area contributed by atoms with Gasteiger partial charge in [0, 0.05) is 33.1 Å². The predicted molar refractivity (Wildman–Crippen MR) is 125 cm³/mol. The summed E-state index contributed by atoms with van der Waals surface area (Å²) >= 11 is 0. The summed E-state index contributed by atoms with van der Waals surface area (Å²) in [4.78, 5) is 39.7. The first-order valence-electron chi connectivity index (χ1n) is 12.0. The lowest BCUT2D eigenvalue weighted by molar-refractivity contribution is -0.150. The molecule has 1 atom stereocenters. The summed E-state index contributed by atoms with van der Waals surface area (Å²) < 4.78 is 26.7. The van der Waals surface area contributed by atoms with Crippen LogP contribution in [0.2, 0.25) is 0 Å². The van der Waals surface area contributed by atoms with Gasteiger partial charge in [0.25, 0.3) is 0 Å². The van der Waals surface area contributed by atoms with Crippen molar-refractivity contribution in [1.82, 2.24) is 15.1 Å². The molecule has 11 heteroatoms. The second-order valence-electron chi connectivity index (χ2n) is 8.53. The largest absolute Gasteiger partial charge is 0.464 e.